The Labute approximate surface area is 118 Å². The Balaban J connectivity index is 1.85. The first-order valence-corrected chi connectivity index (χ1v) is 6.96. The average Bonchev–Trinajstić information content (AvgIpc) is 2.92. The molecule has 3 heterocycles. The second kappa shape index (κ2) is 5.26. The predicted molar refractivity (Wildman–Crippen MR) is 69.9 cm³/mol. The van der Waals surface area contributed by atoms with E-state index >= 15 is 0 Å². The molecule has 0 aliphatic carbocycles. The van der Waals surface area contributed by atoms with Crippen LogP contribution >= 0.6 is 11.8 Å². The van der Waals surface area contributed by atoms with E-state index in [1.54, 1.807) is 6.92 Å². The van der Waals surface area contributed by atoms with Crippen LogP contribution in [0.4, 0.5) is 0 Å². The molecule has 1 saturated heterocycles. The molecule has 3 rings (SSSR count). The molecule has 0 saturated carbocycles. The van der Waals surface area contributed by atoms with Crippen LogP contribution in [-0.2, 0) is 4.74 Å². The Kier molecular flexibility index (Phi) is 3.61. The first-order chi connectivity index (χ1) is 9.58. The van der Waals surface area contributed by atoms with Crippen molar-refractivity contribution < 1.29 is 20.1 Å². The fourth-order valence-electron chi connectivity index (χ4n) is 2.05. The SMILES string of the molecule is C[C@H]1OC(Sc2ncnc3nc[nH]c23)[C@H](O)[C@@H](O)[C@@H]1O. The summed E-state index contributed by atoms with van der Waals surface area (Å²) in [5.41, 5.74) is 0.424. The maximum Gasteiger partial charge on any atom is 0.181 e. The molecule has 1 aliphatic heterocycles. The zero-order valence-corrected chi connectivity index (χ0v) is 11.4. The molecule has 9 heteroatoms. The molecule has 2 aromatic rings. The van der Waals surface area contributed by atoms with Crippen molar-refractivity contribution in [2.75, 3.05) is 0 Å². The van der Waals surface area contributed by atoms with Gasteiger partial charge in [-0.2, -0.15) is 0 Å². The summed E-state index contributed by atoms with van der Waals surface area (Å²) in [6.45, 7) is 1.64. The lowest BCUT2D eigenvalue weighted by Crippen LogP contribution is -2.55. The Hall–Kier alpha value is -1.26. The lowest BCUT2D eigenvalue weighted by Gasteiger charge is -2.38. The molecule has 2 aromatic heterocycles. The minimum absolute atomic E-state index is 0.515. The minimum Gasteiger partial charge on any atom is -0.388 e. The third-order valence-corrected chi connectivity index (χ3v) is 4.38. The standard InChI is InChI=1S/C11H14N4O4S/c1-4-6(16)7(17)8(18)11(19-4)20-10-5-9(13-2-12-5)14-3-15-10/h2-4,6-8,11,16-18H,1H3,(H,12,13,14,15)/t4-,6-,7+,8-,11?/m1/s1. The van der Waals surface area contributed by atoms with Crippen LogP contribution < -0.4 is 0 Å². The number of aliphatic hydroxyl groups excluding tert-OH is 3. The van der Waals surface area contributed by atoms with Gasteiger partial charge in [0.2, 0.25) is 0 Å². The molecule has 5 atom stereocenters. The molecular formula is C11H14N4O4S. The molecule has 0 bridgehead atoms. The second-order valence-corrected chi connectivity index (χ2v) is 5.67. The van der Waals surface area contributed by atoms with Gasteiger partial charge in [-0.25, -0.2) is 15.0 Å². The molecular weight excluding hydrogens is 284 g/mol. The van der Waals surface area contributed by atoms with Gasteiger partial charge in [0.05, 0.1) is 12.4 Å². The molecule has 8 nitrogen and oxygen atoms in total. The van der Waals surface area contributed by atoms with Gasteiger partial charge >= 0.3 is 0 Å². The first kappa shape index (κ1) is 13.7. The van der Waals surface area contributed by atoms with Crippen molar-refractivity contribution in [1.82, 2.24) is 19.9 Å². The van der Waals surface area contributed by atoms with E-state index in [9.17, 15) is 15.3 Å². The monoisotopic (exact) mass is 298 g/mol. The number of rotatable bonds is 2. The third-order valence-electron chi connectivity index (χ3n) is 3.22. The van der Waals surface area contributed by atoms with E-state index < -0.39 is 29.9 Å². The maximum absolute atomic E-state index is 9.98. The summed E-state index contributed by atoms with van der Waals surface area (Å²) in [5.74, 6) is 0. The van der Waals surface area contributed by atoms with E-state index in [-0.39, 0.29) is 0 Å². The van der Waals surface area contributed by atoms with Crippen molar-refractivity contribution in [1.29, 1.82) is 0 Å². The predicted octanol–water partition coefficient (Wildman–Crippen LogP) is -0.728. The van der Waals surface area contributed by atoms with Crippen LogP contribution in [-0.4, -0.2) is 65.1 Å². The normalized spacial score (nSPS) is 34.5. The third kappa shape index (κ3) is 2.27. The first-order valence-electron chi connectivity index (χ1n) is 6.08. The van der Waals surface area contributed by atoms with Gasteiger partial charge in [-0.3, -0.25) is 0 Å². The van der Waals surface area contributed by atoms with Crippen molar-refractivity contribution in [2.45, 2.75) is 41.8 Å². The number of aliphatic hydroxyl groups is 3. The summed E-state index contributed by atoms with van der Waals surface area (Å²) < 4.78 is 5.52. The molecule has 108 valence electrons. The zero-order chi connectivity index (χ0) is 14.3. The number of H-pyrrole nitrogens is 1. The van der Waals surface area contributed by atoms with Crippen molar-refractivity contribution in [3.05, 3.63) is 12.7 Å². The summed E-state index contributed by atoms with van der Waals surface area (Å²) >= 11 is 1.15. The fraction of sp³-hybridized carbons (Fsp3) is 0.545. The van der Waals surface area contributed by atoms with E-state index in [1.807, 2.05) is 0 Å². The topological polar surface area (TPSA) is 124 Å². The Morgan fingerprint density at radius 1 is 1.15 bits per heavy atom. The number of nitrogens with zero attached hydrogens (tertiary/aromatic N) is 3. The Morgan fingerprint density at radius 2 is 1.95 bits per heavy atom. The molecule has 1 fully saturated rings. The van der Waals surface area contributed by atoms with E-state index in [4.69, 9.17) is 4.74 Å². The number of aromatic amines is 1. The molecule has 20 heavy (non-hydrogen) atoms. The second-order valence-electron chi connectivity index (χ2n) is 4.58. The van der Waals surface area contributed by atoms with Gasteiger partial charge in [0, 0.05) is 0 Å². The molecule has 0 amide bonds. The van der Waals surface area contributed by atoms with Crippen molar-refractivity contribution in [3.63, 3.8) is 0 Å². The minimum atomic E-state index is -1.25. The maximum atomic E-state index is 9.98. The van der Waals surface area contributed by atoms with Crippen LogP contribution in [0.3, 0.4) is 0 Å². The van der Waals surface area contributed by atoms with Crippen LogP contribution in [0.5, 0.6) is 0 Å². The summed E-state index contributed by atoms with van der Waals surface area (Å²) in [6, 6.07) is 0. The van der Waals surface area contributed by atoms with Gasteiger partial charge in [-0.05, 0) is 6.92 Å². The summed E-state index contributed by atoms with van der Waals surface area (Å²) in [6.07, 6.45) is -1.28. The van der Waals surface area contributed by atoms with Crippen LogP contribution in [0.2, 0.25) is 0 Å². The largest absolute Gasteiger partial charge is 0.388 e. The van der Waals surface area contributed by atoms with Gasteiger partial charge in [-0.1, -0.05) is 11.8 Å². The van der Waals surface area contributed by atoms with Crippen LogP contribution in [0.25, 0.3) is 11.2 Å². The lowest BCUT2D eigenvalue weighted by atomic mass is 10.0. The zero-order valence-electron chi connectivity index (χ0n) is 10.5. The quantitative estimate of drug-likeness (QED) is 0.535. The Bertz CT molecular complexity index is 609. The van der Waals surface area contributed by atoms with Crippen molar-refractivity contribution >= 4 is 22.9 Å². The van der Waals surface area contributed by atoms with Gasteiger partial charge < -0.3 is 25.0 Å². The van der Waals surface area contributed by atoms with Gasteiger partial charge in [-0.15, -0.1) is 0 Å². The molecule has 0 aromatic carbocycles. The highest BCUT2D eigenvalue weighted by atomic mass is 32.2. The summed E-state index contributed by atoms with van der Waals surface area (Å²) in [7, 11) is 0. The molecule has 0 radical (unpaired) electrons. The lowest BCUT2D eigenvalue weighted by molar-refractivity contribution is -0.192. The highest BCUT2D eigenvalue weighted by molar-refractivity contribution is 8.00. The number of imidazole rings is 1. The molecule has 1 aliphatic rings. The molecule has 1 unspecified atom stereocenters. The average molecular weight is 298 g/mol. The van der Waals surface area contributed by atoms with Gasteiger partial charge in [0.15, 0.2) is 5.65 Å². The van der Waals surface area contributed by atoms with E-state index in [1.165, 1.54) is 12.7 Å². The van der Waals surface area contributed by atoms with Crippen LogP contribution in [0.15, 0.2) is 17.7 Å². The van der Waals surface area contributed by atoms with E-state index in [2.05, 4.69) is 19.9 Å². The number of nitrogens with one attached hydrogen (secondary N) is 1. The summed E-state index contributed by atoms with van der Waals surface area (Å²) in [5, 5.41) is 30.0. The molecule has 4 N–H and O–H groups in total. The van der Waals surface area contributed by atoms with E-state index in [0.29, 0.717) is 16.2 Å². The van der Waals surface area contributed by atoms with E-state index in [0.717, 1.165) is 11.8 Å². The van der Waals surface area contributed by atoms with Crippen LogP contribution in [0.1, 0.15) is 6.92 Å². The number of ether oxygens (including phenoxy) is 1. The van der Waals surface area contributed by atoms with Gasteiger partial charge in [0.1, 0.15) is 40.6 Å². The van der Waals surface area contributed by atoms with Crippen LogP contribution in [0, 0.1) is 0 Å². The molecule has 0 spiro atoms. The van der Waals surface area contributed by atoms with Gasteiger partial charge in [0.25, 0.3) is 0 Å². The number of fused-ring (bicyclic) bond motifs is 1. The van der Waals surface area contributed by atoms with Crippen molar-refractivity contribution in [2.24, 2.45) is 0 Å². The summed E-state index contributed by atoms with van der Waals surface area (Å²) in [4.78, 5) is 15.1. The Morgan fingerprint density at radius 3 is 2.75 bits per heavy atom. The number of thioether (sulfide) groups is 1. The fourth-order valence-corrected chi connectivity index (χ4v) is 3.18. The smallest absolute Gasteiger partial charge is 0.181 e. The number of aromatic nitrogens is 4. The number of hydrogen-bond acceptors (Lipinski definition) is 8. The number of hydrogen-bond donors (Lipinski definition) is 4. The highest BCUT2D eigenvalue weighted by Crippen LogP contribution is 2.34. The highest BCUT2D eigenvalue weighted by Gasteiger charge is 2.42. The van der Waals surface area contributed by atoms with Crippen molar-refractivity contribution in [3.8, 4) is 0 Å².